The molecule has 0 radical (unpaired) electrons. The van der Waals surface area contributed by atoms with E-state index in [-0.39, 0.29) is 0 Å². The maximum Gasteiger partial charge on any atom is 0.222 e. The zero-order valence-electron chi connectivity index (χ0n) is 17.1. The standard InChI is InChI=1S/C23H33N5/c1-27-14-5-7-16-28(17-8-6-15-27)22-20-13-9-12-19(18-10-3-2-4-11-18)21(20)25-23(24)26-22/h2-4,10-11,19H,5-9,12-17H2,1H3,(H2,24,25,26). The molecule has 2 aromatic rings. The summed E-state index contributed by atoms with van der Waals surface area (Å²) in [5.41, 5.74) is 10.1. The summed E-state index contributed by atoms with van der Waals surface area (Å²) in [4.78, 5) is 14.5. The fraction of sp³-hybridized carbons (Fsp3) is 0.565. The Kier molecular flexibility index (Phi) is 6.10. The number of benzene rings is 1. The average Bonchev–Trinajstić information content (AvgIpc) is 2.72. The largest absolute Gasteiger partial charge is 0.368 e. The van der Waals surface area contributed by atoms with E-state index in [1.807, 2.05) is 0 Å². The van der Waals surface area contributed by atoms with Crippen LogP contribution in [0.3, 0.4) is 0 Å². The second kappa shape index (κ2) is 8.91. The average molecular weight is 380 g/mol. The minimum Gasteiger partial charge on any atom is -0.368 e. The van der Waals surface area contributed by atoms with E-state index in [0.29, 0.717) is 11.9 Å². The molecule has 0 bridgehead atoms. The minimum absolute atomic E-state index is 0.336. The third-order valence-electron chi connectivity index (χ3n) is 6.22. The normalized spacial score (nSPS) is 21.9. The lowest BCUT2D eigenvalue weighted by Gasteiger charge is -2.32. The van der Waals surface area contributed by atoms with Crippen molar-refractivity contribution in [3.63, 3.8) is 0 Å². The molecule has 5 nitrogen and oxygen atoms in total. The minimum atomic E-state index is 0.336. The molecule has 150 valence electrons. The van der Waals surface area contributed by atoms with Gasteiger partial charge in [-0.05, 0) is 70.6 Å². The summed E-state index contributed by atoms with van der Waals surface area (Å²) in [5.74, 6) is 1.87. The van der Waals surface area contributed by atoms with Crippen LogP contribution in [-0.2, 0) is 6.42 Å². The van der Waals surface area contributed by atoms with Crippen molar-refractivity contribution in [3.8, 4) is 0 Å². The zero-order valence-corrected chi connectivity index (χ0v) is 17.1. The van der Waals surface area contributed by atoms with Crippen LogP contribution >= 0.6 is 0 Å². The van der Waals surface area contributed by atoms with Crippen LogP contribution < -0.4 is 10.6 Å². The van der Waals surface area contributed by atoms with Crippen molar-refractivity contribution in [1.82, 2.24) is 14.9 Å². The van der Waals surface area contributed by atoms with E-state index < -0.39 is 0 Å². The summed E-state index contributed by atoms with van der Waals surface area (Å²) in [7, 11) is 2.24. The first-order chi connectivity index (χ1) is 13.7. The fourth-order valence-electron chi connectivity index (χ4n) is 4.73. The Bertz CT molecular complexity index is 764. The van der Waals surface area contributed by atoms with Gasteiger partial charge in [0.15, 0.2) is 0 Å². The highest BCUT2D eigenvalue weighted by Crippen LogP contribution is 2.39. The predicted molar refractivity (Wildman–Crippen MR) is 116 cm³/mol. The Morgan fingerprint density at radius 2 is 1.57 bits per heavy atom. The molecule has 1 unspecified atom stereocenters. The molecule has 1 aliphatic carbocycles. The maximum atomic E-state index is 6.22. The summed E-state index contributed by atoms with van der Waals surface area (Å²) in [6, 6.07) is 10.8. The zero-order chi connectivity index (χ0) is 19.3. The van der Waals surface area contributed by atoms with Gasteiger partial charge in [-0.3, -0.25) is 0 Å². The first-order valence-electron chi connectivity index (χ1n) is 10.9. The fourth-order valence-corrected chi connectivity index (χ4v) is 4.73. The molecular weight excluding hydrogens is 346 g/mol. The van der Waals surface area contributed by atoms with Crippen LogP contribution in [0.25, 0.3) is 0 Å². The number of hydrogen-bond acceptors (Lipinski definition) is 5. The Labute approximate surface area is 169 Å². The van der Waals surface area contributed by atoms with Crippen molar-refractivity contribution < 1.29 is 0 Å². The first kappa shape index (κ1) is 19.2. The maximum absolute atomic E-state index is 6.22. The lowest BCUT2D eigenvalue weighted by Crippen LogP contribution is -2.32. The molecule has 0 amide bonds. The van der Waals surface area contributed by atoms with Gasteiger partial charge in [-0.1, -0.05) is 30.3 Å². The van der Waals surface area contributed by atoms with E-state index in [4.69, 9.17) is 15.7 Å². The number of hydrogen-bond donors (Lipinski definition) is 1. The number of rotatable bonds is 2. The molecule has 28 heavy (non-hydrogen) atoms. The molecule has 1 aromatic carbocycles. The molecule has 4 rings (SSSR count). The first-order valence-corrected chi connectivity index (χ1v) is 10.9. The summed E-state index contributed by atoms with van der Waals surface area (Å²) in [6.07, 6.45) is 8.26. The van der Waals surface area contributed by atoms with Crippen LogP contribution in [0.1, 0.15) is 61.3 Å². The van der Waals surface area contributed by atoms with Gasteiger partial charge in [0.2, 0.25) is 5.95 Å². The molecule has 1 aliphatic heterocycles. The third kappa shape index (κ3) is 4.30. The van der Waals surface area contributed by atoms with E-state index >= 15 is 0 Å². The Balaban J connectivity index is 1.65. The molecule has 1 atom stereocenters. The lowest BCUT2D eigenvalue weighted by molar-refractivity contribution is 0.313. The van der Waals surface area contributed by atoms with E-state index in [0.717, 1.165) is 37.4 Å². The number of nitrogen functional groups attached to an aromatic ring is 1. The van der Waals surface area contributed by atoms with Gasteiger partial charge in [0.25, 0.3) is 0 Å². The molecule has 0 saturated carbocycles. The van der Waals surface area contributed by atoms with E-state index in [1.165, 1.54) is 56.3 Å². The van der Waals surface area contributed by atoms with Crippen molar-refractivity contribution in [3.05, 3.63) is 47.2 Å². The molecule has 2 N–H and O–H groups in total. The van der Waals surface area contributed by atoms with Crippen molar-refractivity contribution >= 4 is 11.8 Å². The molecule has 2 aliphatic rings. The van der Waals surface area contributed by atoms with Gasteiger partial charge in [-0.25, -0.2) is 4.98 Å². The molecule has 0 spiro atoms. The van der Waals surface area contributed by atoms with Gasteiger partial charge in [0.1, 0.15) is 5.82 Å². The number of nitrogens with two attached hydrogens (primary N) is 1. The van der Waals surface area contributed by atoms with E-state index in [9.17, 15) is 0 Å². The predicted octanol–water partition coefficient (Wildman–Crippen LogP) is 3.84. The van der Waals surface area contributed by atoms with Crippen molar-refractivity contribution in [1.29, 1.82) is 0 Å². The summed E-state index contributed by atoms with van der Waals surface area (Å²) >= 11 is 0. The number of anilines is 2. The van der Waals surface area contributed by atoms with Gasteiger partial charge in [0, 0.05) is 24.6 Å². The van der Waals surface area contributed by atoms with Crippen molar-refractivity contribution in [2.24, 2.45) is 0 Å². The van der Waals surface area contributed by atoms with Crippen LogP contribution in [0.15, 0.2) is 30.3 Å². The SMILES string of the molecule is CN1CCCCN(c2nc(N)nc3c2CCCC3c2ccccc2)CCCC1. The molecule has 1 fully saturated rings. The highest BCUT2D eigenvalue weighted by atomic mass is 15.2. The van der Waals surface area contributed by atoms with Gasteiger partial charge >= 0.3 is 0 Å². The molecule has 5 heteroatoms. The van der Waals surface area contributed by atoms with E-state index in [1.54, 1.807) is 0 Å². The number of nitrogens with zero attached hydrogens (tertiary/aromatic N) is 4. The molecule has 1 aromatic heterocycles. The second-order valence-electron chi connectivity index (χ2n) is 8.33. The highest BCUT2D eigenvalue weighted by molar-refractivity contribution is 5.55. The summed E-state index contributed by atoms with van der Waals surface area (Å²) < 4.78 is 0. The van der Waals surface area contributed by atoms with Crippen LogP contribution in [0.4, 0.5) is 11.8 Å². The van der Waals surface area contributed by atoms with Crippen molar-refractivity contribution in [2.45, 2.75) is 50.9 Å². The van der Waals surface area contributed by atoms with Gasteiger partial charge < -0.3 is 15.5 Å². The molecule has 2 heterocycles. The second-order valence-corrected chi connectivity index (χ2v) is 8.33. The van der Waals surface area contributed by atoms with Gasteiger partial charge in [-0.2, -0.15) is 4.98 Å². The third-order valence-corrected chi connectivity index (χ3v) is 6.22. The molecule has 1 saturated heterocycles. The van der Waals surface area contributed by atoms with Gasteiger partial charge in [0.05, 0.1) is 5.69 Å². The number of aromatic nitrogens is 2. The summed E-state index contributed by atoms with van der Waals surface area (Å²) in [5, 5.41) is 0. The van der Waals surface area contributed by atoms with Crippen LogP contribution in [0.2, 0.25) is 0 Å². The smallest absolute Gasteiger partial charge is 0.222 e. The monoisotopic (exact) mass is 379 g/mol. The van der Waals surface area contributed by atoms with Crippen LogP contribution in [0, 0.1) is 0 Å². The highest BCUT2D eigenvalue weighted by Gasteiger charge is 2.28. The van der Waals surface area contributed by atoms with Crippen LogP contribution in [0.5, 0.6) is 0 Å². The summed E-state index contributed by atoms with van der Waals surface area (Å²) in [6.45, 7) is 4.50. The van der Waals surface area contributed by atoms with Crippen LogP contribution in [-0.4, -0.2) is 48.1 Å². The quantitative estimate of drug-likeness (QED) is 0.859. The van der Waals surface area contributed by atoms with E-state index in [2.05, 4.69) is 47.2 Å². The van der Waals surface area contributed by atoms with Crippen molar-refractivity contribution in [2.75, 3.05) is 43.9 Å². The van der Waals surface area contributed by atoms with Gasteiger partial charge in [-0.15, -0.1) is 0 Å². The topological polar surface area (TPSA) is 58.3 Å². The lowest BCUT2D eigenvalue weighted by atomic mass is 9.82. The Hall–Kier alpha value is -2.14. The number of fused-ring (bicyclic) bond motifs is 1. The Morgan fingerprint density at radius 1 is 0.893 bits per heavy atom. The molecular formula is C23H33N5. The Morgan fingerprint density at radius 3 is 2.29 bits per heavy atom.